The number of rotatable bonds is 9. The van der Waals surface area contributed by atoms with Crippen LogP contribution >= 0.6 is 23.2 Å². The van der Waals surface area contributed by atoms with E-state index in [-0.39, 0.29) is 40.3 Å². The lowest BCUT2D eigenvalue weighted by molar-refractivity contribution is -0.113. The molecule has 0 saturated carbocycles. The van der Waals surface area contributed by atoms with Crippen LogP contribution < -0.4 is 21.7 Å². The Morgan fingerprint density at radius 2 is 2.00 bits per heavy atom. The van der Waals surface area contributed by atoms with E-state index in [2.05, 4.69) is 16.0 Å². The first-order chi connectivity index (χ1) is 14.6. The van der Waals surface area contributed by atoms with Crippen LogP contribution in [0.1, 0.15) is 35.3 Å². The number of hydrogen-bond acceptors (Lipinski definition) is 6. The Morgan fingerprint density at radius 3 is 2.55 bits per heavy atom. The maximum Gasteiger partial charge on any atom is 0.271 e. The smallest absolute Gasteiger partial charge is 0.271 e. The average molecular weight is 463 g/mol. The lowest BCUT2D eigenvalue weighted by Crippen LogP contribution is -2.32. The highest BCUT2D eigenvalue weighted by atomic mass is 35.5. The molecule has 6 N–H and O–H groups in total. The van der Waals surface area contributed by atoms with Crippen molar-refractivity contribution < 1.29 is 9.59 Å². The van der Waals surface area contributed by atoms with E-state index < -0.39 is 11.8 Å². The molecular weight excluding hydrogens is 439 g/mol. The van der Waals surface area contributed by atoms with Gasteiger partial charge in [0.2, 0.25) is 0 Å². The second kappa shape index (κ2) is 12.4. The molecule has 0 unspecified atom stereocenters. The molecular formula is C21H24Cl2N6O2. The highest BCUT2D eigenvalue weighted by Crippen LogP contribution is 2.24. The van der Waals surface area contributed by atoms with Gasteiger partial charge in [-0.25, -0.2) is 0 Å². The van der Waals surface area contributed by atoms with E-state index in [1.54, 1.807) is 26.8 Å². The minimum atomic E-state index is -0.643. The fourth-order valence-electron chi connectivity index (χ4n) is 2.44. The molecule has 31 heavy (non-hydrogen) atoms. The van der Waals surface area contributed by atoms with E-state index in [1.807, 2.05) is 6.07 Å². The summed E-state index contributed by atoms with van der Waals surface area (Å²) in [6, 6.07) is 4.81. The number of nitrogens with two attached hydrogens (primary N) is 1. The van der Waals surface area contributed by atoms with Gasteiger partial charge in [0, 0.05) is 17.2 Å². The summed E-state index contributed by atoms with van der Waals surface area (Å²) in [6.45, 7) is 5.33. The molecule has 1 aromatic carbocycles. The summed E-state index contributed by atoms with van der Waals surface area (Å²) in [5.41, 5.74) is 6.41. The molecule has 0 aromatic heterocycles. The summed E-state index contributed by atoms with van der Waals surface area (Å²) in [5, 5.41) is 24.9. The van der Waals surface area contributed by atoms with Crippen LogP contribution in [0.2, 0.25) is 0 Å². The van der Waals surface area contributed by atoms with Crippen LogP contribution in [-0.4, -0.2) is 29.6 Å². The van der Waals surface area contributed by atoms with Crippen LogP contribution in [-0.2, 0) is 4.79 Å². The van der Waals surface area contributed by atoms with Gasteiger partial charge < -0.3 is 21.7 Å². The standard InChI is InChI=1S/C21H24Cl2N6O2/c1-12(2)28-20(30)16-8-14(10-25)7-13(3)19(16)29-21(31)17(9-18(23)26)27-11-15(22)5-4-6-24/h4-9,12,26-27H,11,24H2,1-3H3,(H,28,30)(H,29,31)/b6-4-,15-5+,17-9-,26-18?. The van der Waals surface area contributed by atoms with E-state index in [0.29, 0.717) is 10.6 Å². The summed E-state index contributed by atoms with van der Waals surface area (Å²) >= 11 is 11.7. The van der Waals surface area contributed by atoms with E-state index in [1.165, 1.54) is 24.4 Å². The van der Waals surface area contributed by atoms with Gasteiger partial charge in [-0.1, -0.05) is 23.2 Å². The Balaban J connectivity index is 3.27. The second-order valence-electron chi connectivity index (χ2n) is 6.67. The van der Waals surface area contributed by atoms with Crippen molar-refractivity contribution in [1.82, 2.24) is 10.6 Å². The molecule has 2 amide bonds. The molecule has 10 heteroatoms. The van der Waals surface area contributed by atoms with Crippen LogP contribution in [0.15, 0.2) is 47.3 Å². The zero-order valence-corrected chi connectivity index (χ0v) is 18.9. The van der Waals surface area contributed by atoms with Gasteiger partial charge in [0.05, 0.1) is 29.4 Å². The Morgan fingerprint density at radius 1 is 1.32 bits per heavy atom. The summed E-state index contributed by atoms with van der Waals surface area (Å²) in [7, 11) is 0. The Kier molecular flexibility index (Phi) is 10.3. The lowest BCUT2D eigenvalue weighted by atomic mass is 10.0. The number of nitrogens with one attached hydrogen (secondary N) is 4. The van der Waals surface area contributed by atoms with Crippen LogP contribution in [0.3, 0.4) is 0 Å². The van der Waals surface area contributed by atoms with Crippen molar-refractivity contribution in [3.63, 3.8) is 0 Å². The van der Waals surface area contributed by atoms with Crippen molar-refractivity contribution >= 4 is 45.9 Å². The predicted molar refractivity (Wildman–Crippen MR) is 124 cm³/mol. The molecule has 0 fully saturated rings. The number of carbonyl (C=O) groups is 2. The van der Waals surface area contributed by atoms with Gasteiger partial charge in [0.25, 0.3) is 11.8 Å². The molecule has 0 saturated heterocycles. The molecule has 0 bridgehead atoms. The average Bonchev–Trinajstić information content (AvgIpc) is 2.69. The van der Waals surface area contributed by atoms with Gasteiger partial charge in [-0.3, -0.25) is 15.0 Å². The predicted octanol–water partition coefficient (Wildman–Crippen LogP) is 3.23. The Bertz CT molecular complexity index is 990. The SMILES string of the molecule is Cc1cc(C#N)cc(C(=O)NC(C)C)c1NC(=O)/C(=C/C(=N)Cl)NC/C(Cl)=C\C=C/N. The second-order valence-corrected chi connectivity index (χ2v) is 7.56. The van der Waals surface area contributed by atoms with Gasteiger partial charge in [-0.15, -0.1) is 0 Å². The molecule has 1 rings (SSSR count). The van der Waals surface area contributed by atoms with Crippen molar-refractivity contribution in [3.8, 4) is 6.07 Å². The number of nitriles is 1. The summed E-state index contributed by atoms with van der Waals surface area (Å²) in [4.78, 5) is 25.5. The van der Waals surface area contributed by atoms with Crippen LogP contribution in [0, 0.1) is 23.7 Å². The fraction of sp³-hybridized carbons (Fsp3) is 0.238. The number of hydrogen-bond donors (Lipinski definition) is 5. The van der Waals surface area contributed by atoms with Crippen molar-refractivity contribution in [3.05, 3.63) is 64.0 Å². The maximum absolute atomic E-state index is 12.9. The number of nitrogens with zero attached hydrogens (tertiary/aromatic N) is 1. The molecule has 0 spiro atoms. The monoisotopic (exact) mass is 462 g/mol. The Hall–Kier alpha value is -3.28. The number of aryl methyl sites for hydroxylation is 1. The van der Waals surface area contributed by atoms with Gasteiger partial charge >= 0.3 is 0 Å². The van der Waals surface area contributed by atoms with Crippen molar-refractivity contribution in [2.45, 2.75) is 26.8 Å². The van der Waals surface area contributed by atoms with E-state index in [4.69, 9.17) is 34.3 Å². The van der Waals surface area contributed by atoms with Gasteiger partial charge in [-0.2, -0.15) is 5.26 Å². The molecule has 0 atom stereocenters. The largest absolute Gasteiger partial charge is 0.405 e. The molecule has 0 aliphatic carbocycles. The molecule has 1 aromatic rings. The van der Waals surface area contributed by atoms with E-state index in [0.717, 1.165) is 6.08 Å². The third kappa shape index (κ3) is 8.54. The molecule has 8 nitrogen and oxygen atoms in total. The Labute approximate surface area is 191 Å². The first-order valence-corrected chi connectivity index (χ1v) is 9.94. The number of allylic oxidation sites excluding steroid dienone is 3. The number of halogens is 2. The van der Waals surface area contributed by atoms with Crippen molar-refractivity contribution in [2.75, 3.05) is 11.9 Å². The first kappa shape index (κ1) is 25.8. The fourth-order valence-corrected chi connectivity index (χ4v) is 2.69. The summed E-state index contributed by atoms with van der Waals surface area (Å²) in [6.07, 6.45) is 5.48. The minimum Gasteiger partial charge on any atom is -0.405 e. The van der Waals surface area contributed by atoms with E-state index >= 15 is 0 Å². The maximum atomic E-state index is 12.9. The zero-order valence-electron chi connectivity index (χ0n) is 17.3. The van der Waals surface area contributed by atoms with Crippen molar-refractivity contribution in [1.29, 1.82) is 10.7 Å². The molecule has 0 aliphatic heterocycles. The summed E-state index contributed by atoms with van der Waals surface area (Å²) < 4.78 is 0. The quantitative estimate of drug-likeness (QED) is 0.217. The summed E-state index contributed by atoms with van der Waals surface area (Å²) in [5.74, 6) is -1.08. The highest BCUT2D eigenvalue weighted by molar-refractivity contribution is 6.67. The van der Waals surface area contributed by atoms with Crippen LogP contribution in [0.25, 0.3) is 0 Å². The first-order valence-electron chi connectivity index (χ1n) is 9.18. The van der Waals surface area contributed by atoms with Crippen LogP contribution in [0.4, 0.5) is 5.69 Å². The normalized spacial score (nSPS) is 11.9. The number of amides is 2. The molecule has 0 aliphatic rings. The topological polar surface area (TPSA) is 144 Å². The molecule has 0 heterocycles. The third-order valence-corrected chi connectivity index (χ3v) is 4.09. The van der Waals surface area contributed by atoms with E-state index in [9.17, 15) is 14.9 Å². The van der Waals surface area contributed by atoms with Gasteiger partial charge in [0.1, 0.15) is 10.9 Å². The van der Waals surface area contributed by atoms with Crippen molar-refractivity contribution in [2.24, 2.45) is 5.73 Å². The lowest BCUT2D eigenvalue weighted by Gasteiger charge is -2.17. The zero-order chi connectivity index (χ0) is 23.6. The third-order valence-electron chi connectivity index (χ3n) is 3.72. The number of benzene rings is 1. The van der Waals surface area contributed by atoms with Gasteiger partial charge in [0.15, 0.2) is 0 Å². The molecule has 164 valence electrons. The highest BCUT2D eigenvalue weighted by Gasteiger charge is 2.20. The minimum absolute atomic E-state index is 0.0396. The number of anilines is 1. The van der Waals surface area contributed by atoms with Crippen LogP contribution in [0.5, 0.6) is 0 Å². The molecule has 0 radical (unpaired) electrons. The number of carbonyl (C=O) groups excluding carboxylic acids is 2. The van der Waals surface area contributed by atoms with Gasteiger partial charge in [-0.05, 0) is 56.8 Å².